The highest BCUT2D eigenvalue weighted by atomic mass is 19.1. The average molecular weight is 333 g/mol. The number of aliphatic hydroxyl groups is 1. The first-order valence-electron chi connectivity index (χ1n) is 8.14. The van der Waals surface area contributed by atoms with E-state index in [9.17, 15) is 9.50 Å². The SMILES string of the molecule is COc1nc(N2C[C@H]3C[C@@H](n4cccn4)[C@H](O)C[C@H]3C2)ncc1F. The van der Waals surface area contributed by atoms with E-state index >= 15 is 0 Å². The van der Waals surface area contributed by atoms with E-state index in [1.54, 1.807) is 6.20 Å². The molecule has 1 saturated heterocycles. The molecule has 1 saturated carbocycles. The van der Waals surface area contributed by atoms with Gasteiger partial charge in [0.25, 0.3) is 5.88 Å². The van der Waals surface area contributed by atoms with Gasteiger partial charge in [-0.25, -0.2) is 4.98 Å². The predicted octanol–water partition coefficient (Wildman–Crippen LogP) is 1.27. The molecule has 4 atom stereocenters. The minimum atomic E-state index is -0.563. The fourth-order valence-corrected chi connectivity index (χ4v) is 3.97. The summed E-state index contributed by atoms with van der Waals surface area (Å²) in [6.07, 6.45) is 5.96. The van der Waals surface area contributed by atoms with Crippen molar-refractivity contribution in [3.05, 3.63) is 30.5 Å². The van der Waals surface area contributed by atoms with Crippen molar-refractivity contribution in [3.63, 3.8) is 0 Å². The summed E-state index contributed by atoms with van der Waals surface area (Å²) in [5, 5.41) is 14.8. The van der Waals surface area contributed by atoms with E-state index < -0.39 is 11.9 Å². The minimum absolute atomic E-state index is 0.00451. The first kappa shape index (κ1) is 15.3. The first-order chi connectivity index (χ1) is 11.7. The van der Waals surface area contributed by atoms with E-state index in [1.165, 1.54) is 7.11 Å². The van der Waals surface area contributed by atoms with Crippen LogP contribution in [-0.2, 0) is 0 Å². The number of halogens is 1. The van der Waals surface area contributed by atoms with Crippen molar-refractivity contribution in [2.75, 3.05) is 25.1 Å². The number of ether oxygens (including phenoxy) is 1. The van der Waals surface area contributed by atoms with Crippen molar-refractivity contribution in [1.29, 1.82) is 0 Å². The van der Waals surface area contributed by atoms with Gasteiger partial charge in [-0.15, -0.1) is 0 Å². The molecular formula is C16H20FN5O2. The monoisotopic (exact) mass is 333 g/mol. The van der Waals surface area contributed by atoms with Crippen molar-refractivity contribution in [2.24, 2.45) is 11.8 Å². The maximum absolute atomic E-state index is 13.5. The Morgan fingerprint density at radius 2 is 2.08 bits per heavy atom. The molecule has 1 aliphatic heterocycles. The highest BCUT2D eigenvalue weighted by Gasteiger charge is 2.43. The molecule has 0 unspecified atom stereocenters. The van der Waals surface area contributed by atoms with Gasteiger partial charge < -0.3 is 14.7 Å². The topological polar surface area (TPSA) is 76.3 Å². The number of aliphatic hydroxyl groups excluding tert-OH is 1. The second kappa shape index (κ2) is 6.01. The van der Waals surface area contributed by atoms with Gasteiger partial charge in [-0.05, 0) is 30.7 Å². The summed E-state index contributed by atoms with van der Waals surface area (Å²) < 4.78 is 20.3. The number of fused-ring (bicyclic) bond motifs is 1. The molecule has 0 radical (unpaired) electrons. The zero-order valence-electron chi connectivity index (χ0n) is 13.4. The summed E-state index contributed by atoms with van der Waals surface area (Å²) in [5.74, 6) is 0.692. The molecule has 3 heterocycles. The van der Waals surface area contributed by atoms with Gasteiger partial charge in [-0.2, -0.15) is 14.5 Å². The second-order valence-corrected chi connectivity index (χ2v) is 6.54. The predicted molar refractivity (Wildman–Crippen MR) is 84.2 cm³/mol. The minimum Gasteiger partial charge on any atom is -0.479 e. The molecular weight excluding hydrogens is 313 g/mol. The van der Waals surface area contributed by atoms with Crippen LogP contribution in [-0.4, -0.2) is 51.2 Å². The molecule has 2 fully saturated rings. The molecule has 8 heteroatoms. The van der Waals surface area contributed by atoms with Crippen LogP contribution >= 0.6 is 0 Å². The van der Waals surface area contributed by atoms with Crippen LogP contribution < -0.4 is 9.64 Å². The van der Waals surface area contributed by atoms with Gasteiger partial charge in [0.15, 0.2) is 0 Å². The Hall–Kier alpha value is -2.22. The van der Waals surface area contributed by atoms with Crippen LogP contribution in [0.25, 0.3) is 0 Å². The third-order valence-electron chi connectivity index (χ3n) is 5.15. The summed E-state index contributed by atoms with van der Waals surface area (Å²) in [7, 11) is 1.39. The van der Waals surface area contributed by atoms with Gasteiger partial charge in [-0.3, -0.25) is 4.68 Å². The number of anilines is 1. The fourth-order valence-electron chi connectivity index (χ4n) is 3.97. The van der Waals surface area contributed by atoms with Crippen molar-refractivity contribution in [2.45, 2.75) is 25.0 Å². The molecule has 1 N–H and O–H groups in total. The molecule has 0 bridgehead atoms. The van der Waals surface area contributed by atoms with Crippen molar-refractivity contribution in [3.8, 4) is 5.88 Å². The highest BCUT2D eigenvalue weighted by Crippen LogP contribution is 2.41. The van der Waals surface area contributed by atoms with Crippen LogP contribution in [0.5, 0.6) is 5.88 Å². The Morgan fingerprint density at radius 1 is 1.29 bits per heavy atom. The molecule has 0 amide bonds. The zero-order chi connectivity index (χ0) is 16.7. The summed E-state index contributed by atoms with van der Waals surface area (Å²) in [6, 6.07) is 1.88. The van der Waals surface area contributed by atoms with Crippen LogP contribution in [0.1, 0.15) is 18.9 Å². The second-order valence-electron chi connectivity index (χ2n) is 6.54. The number of aromatic nitrogens is 4. The van der Waals surface area contributed by atoms with Gasteiger partial charge in [-0.1, -0.05) is 0 Å². The highest BCUT2D eigenvalue weighted by molar-refractivity contribution is 5.35. The Kier molecular flexibility index (Phi) is 3.84. The first-order valence-corrected chi connectivity index (χ1v) is 8.14. The fraction of sp³-hybridized carbons (Fsp3) is 0.562. The molecule has 0 spiro atoms. The number of methoxy groups -OCH3 is 1. The van der Waals surface area contributed by atoms with Crippen LogP contribution in [0.3, 0.4) is 0 Å². The smallest absolute Gasteiger partial charge is 0.255 e. The standard InChI is InChI=1S/C16H20FN5O2/c1-24-15-12(17)7-18-16(20-15)21-8-10-5-13(22-4-2-3-19-22)14(23)6-11(10)9-21/h2-4,7,10-11,13-14,23H,5-6,8-9H2,1H3/t10-,11+,13-,14-/m1/s1. The van der Waals surface area contributed by atoms with E-state index in [0.29, 0.717) is 17.8 Å². The van der Waals surface area contributed by atoms with Crippen LogP contribution in [0.4, 0.5) is 10.3 Å². The van der Waals surface area contributed by atoms with Crippen molar-refractivity contribution < 1.29 is 14.2 Å². The van der Waals surface area contributed by atoms with E-state index in [-0.39, 0.29) is 11.9 Å². The molecule has 0 aromatic carbocycles. The number of hydrogen-bond donors (Lipinski definition) is 1. The lowest BCUT2D eigenvalue weighted by Crippen LogP contribution is -2.36. The molecule has 1 aliphatic carbocycles. The van der Waals surface area contributed by atoms with Gasteiger partial charge >= 0.3 is 0 Å². The van der Waals surface area contributed by atoms with E-state index in [2.05, 4.69) is 20.0 Å². The molecule has 4 rings (SSSR count). The van der Waals surface area contributed by atoms with Crippen molar-refractivity contribution >= 4 is 5.95 Å². The van der Waals surface area contributed by atoms with E-state index in [1.807, 2.05) is 16.9 Å². The Labute approximate surface area is 139 Å². The zero-order valence-corrected chi connectivity index (χ0v) is 13.4. The Morgan fingerprint density at radius 3 is 2.79 bits per heavy atom. The lowest BCUT2D eigenvalue weighted by atomic mass is 9.77. The molecule has 128 valence electrons. The number of rotatable bonds is 3. The largest absolute Gasteiger partial charge is 0.479 e. The molecule has 2 aromatic rings. The van der Waals surface area contributed by atoms with Crippen LogP contribution in [0, 0.1) is 17.7 Å². The molecule has 24 heavy (non-hydrogen) atoms. The van der Waals surface area contributed by atoms with Gasteiger partial charge in [0.05, 0.1) is 25.5 Å². The third kappa shape index (κ3) is 2.60. The maximum atomic E-state index is 13.5. The number of hydrogen-bond acceptors (Lipinski definition) is 6. The molecule has 7 nitrogen and oxygen atoms in total. The average Bonchev–Trinajstić information content (AvgIpc) is 3.23. The maximum Gasteiger partial charge on any atom is 0.255 e. The lowest BCUT2D eigenvalue weighted by molar-refractivity contribution is 0.0306. The van der Waals surface area contributed by atoms with Crippen molar-refractivity contribution in [1.82, 2.24) is 19.7 Å². The Bertz CT molecular complexity index is 710. The summed E-state index contributed by atoms with van der Waals surface area (Å²) >= 11 is 0. The van der Waals surface area contributed by atoms with Gasteiger partial charge in [0, 0.05) is 25.5 Å². The van der Waals surface area contributed by atoms with Gasteiger partial charge in [0.1, 0.15) is 0 Å². The Balaban J connectivity index is 1.52. The lowest BCUT2D eigenvalue weighted by Gasteiger charge is -2.35. The summed E-state index contributed by atoms with van der Waals surface area (Å²) in [5.41, 5.74) is 0. The van der Waals surface area contributed by atoms with Crippen LogP contribution in [0.2, 0.25) is 0 Å². The summed E-state index contributed by atoms with van der Waals surface area (Å²) in [4.78, 5) is 10.3. The van der Waals surface area contributed by atoms with E-state index in [0.717, 1.165) is 32.1 Å². The van der Waals surface area contributed by atoms with Gasteiger partial charge in [0.2, 0.25) is 11.8 Å². The van der Waals surface area contributed by atoms with Crippen LogP contribution in [0.15, 0.2) is 24.7 Å². The summed E-state index contributed by atoms with van der Waals surface area (Å²) in [6.45, 7) is 1.56. The quantitative estimate of drug-likeness (QED) is 0.912. The van der Waals surface area contributed by atoms with E-state index in [4.69, 9.17) is 4.74 Å². The molecule has 2 aliphatic rings. The number of nitrogens with zero attached hydrogens (tertiary/aromatic N) is 5. The third-order valence-corrected chi connectivity index (χ3v) is 5.15. The normalized spacial score (nSPS) is 29.5. The molecule has 2 aromatic heterocycles.